The molecular weight excluding hydrogens is 410 g/mol. The average molecular weight is 437 g/mol. The Morgan fingerprint density at radius 1 is 1.06 bits per heavy atom. The number of hydrogen-bond acceptors (Lipinski definition) is 6. The van der Waals surface area contributed by atoms with E-state index in [4.69, 9.17) is 9.15 Å². The molecule has 2 N–H and O–H groups in total. The van der Waals surface area contributed by atoms with Crippen molar-refractivity contribution in [3.63, 3.8) is 0 Å². The number of benzene rings is 2. The number of amides is 1. The third-order valence-electron chi connectivity index (χ3n) is 5.99. The third-order valence-corrected chi connectivity index (χ3v) is 5.99. The van der Waals surface area contributed by atoms with Crippen molar-refractivity contribution in [1.82, 2.24) is 4.90 Å². The number of ether oxygens (including phenoxy) is 1. The summed E-state index contributed by atoms with van der Waals surface area (Å²) in [4.78, 5) is 27.7. The first kappa shape index (κ1) is 21.9. The number of fused-ring (bicyclic) bond motifs is 1. The molecule has 1 aliphatic heterocycles. The molecule has 0 bridgehead atoms. The van der Waals surface area contributed by atoms with Crippen LogP contribution in [-0.2, 0) is 9.53 Å². The third kappa shape index (κ3) is 4.21. The zero-order valence-corrected chi connectivity index (χ0v) is 18.2. The Morgan fingerprint density at radius 3 is 2.41 bits per heavy atom. The number of carbonyl (C=O) groups is 1. The Kier molecular flexibility index (Phi) is 6.19. The van der Waals surface area contributed by atoms with Crippen molar-refractivity contribution < 1.29 is 24.2 Å². The van der Waals surface area contributed by atoms with E-state index in [-0.39, 0.29) is 40.7 Å². The highest BCUT2D eigenvalue weighted by Crippen LogP contribution is 2.43. The lowest BCUT2D eigenvalue weighted by atomic mass is 9.83. The van der Waals surface area contributed by atoms with Crippen LogP contribution in [0, 0.1) is 5.92 Å². The summed E-state index contributed by atoms with van der Waals surface area (Å²) in [6, 6.07) is 11.6. The number of phenols is 2. The molecule has 1 aromatic heterocycles. The largest absolute Gasteiger partial charge is 0.507 e. The van der Waals surface area contributed by atoms with Gasteiger partial charge in [-0.2, -0.15) is 0 Å². The van der Waals surface area contributed by atoms with Gasteiger partial charge in [0.15, 0.2) is 5.43 Å². The van der Waals surface area contributed by atoms with Gasteiger partial charge >= 0.3 is 0 Å². The monoisotopic (exact) mass is 437 g/mol. The molecule has 168 valence electrons. The zero-order valence-electron chi connectivity index (χ0n) is 18.2. The molecule has 32 heavy (non-hydrogen) atoms. The molecule has 1 fully saturated rings. The standard InChI is InChI=1S/C25H27NO6/c1-15(2)17(12-22(30)26-8-10-31-11-9-26)23-18(27)13-19(28)24-20(29)14-21(32-25(23)24)16-6-4-3-5-7-16/h3-7,13-15,17,27-28H,8-12H2,1-2H3/t17-/m0/s1. The Hall–Kier alpha value is -3.32. The maximum Gasteiger partial charge on any atom is 0.223 e. The normalized spacial score (nSPS) is 15.3. The molecule has 7 nitrogen and oxygen atoms in total. The average Bonchev–Trinajstić information content (AvgIpc) is 2.78. The van der Waals surface area contributed by atoms with Crippen LogP contribution in [0.2, 0.25) is 0 Å². The van der Waals surface area contributed by atoms with Gasteiger partial charge < -0.3 is 24.3 Å². The molecular formula is C25H27NO6. The van der Waals surface area contributed by atoms with Crippen molar-refractivity contribution in [3.8, 4) is 22.8 Å². The highest BCUT2D eigenvalue weighted by atomic mass is 16.5. The predicted octanol–water partition coefficient (Wildman–Crippen LogP) is 3.86. The summed E-state index contributed by atoms with van der Waals surface area (Å²) >= 11 is 0. The molecule has 0 saturated carbocycles. The zero-order chi connectivity index (χ0) is 22.8. The lowest BCUT2D eigenvalue weighted by Crippen LogP contribution is -2.41. The molecule has 0 aliphatic carbocycles. The summed E-state index contributed by atoms with van der Waals surface area (Å²) < 4.78 is 11.4. The first-order chi connectivity index (χ1) is 15.4. The van der Waals surface area contributed by atoms with Crippen LogP contribution in [0.5, 0.6) is 11.5 Å². The minimum absolute atomic E-state index is 0.00181. The molecule has 1 amide bonds. The summed E-state index contributed by atoms with van der Waals surface area (Å²) in [5.74, 6) is -0.717. The molecule has 2 heterocycles. The molecule has 7 heteroatoms. The van der Waals surface area contributed by atoms with Crippen molar-refractivity contribution in [2.75, 3.05) is 26.3 Å². The minimum atomic E-state index is -0.414. The molecule has 1 atom stereocenters. The Bertz CT molecular complexity index is 1180. The fourth-order valence-electron chi connectivity index (χ4n) is 4.23. The van der Waals surface area contributed by atoms with Gasteiger partial charge in [-0.05, 0) is 5.92 Å². The molecule has 1 aliphatic rings. The van der Waals surface area contributed by atoms with Crippen LogP contribution in [0.4, 0.5) is 0 Å². The van der Waals surface area contributed by atoms with E-state index < -0.39 is 11.3 Å². The van der Waals surface area contributed by atoms with Gasteiger partial charge in [0.1, 0.15) is 28.2 Å². The quantitative estimate of drug-likeness (QED) is 0.629. The topological polar surface area (TPSA) is 100 Å². The Balaban J connectivity index is 1.86. The molecule has 0 spiro atoms. The van der Waals surface area contributed by atoms with E-state index in [1.165, 1.54) is 6.07 Å². The summed E-state index contributed by atoms with van der Waals surface area (Å²) in [6.45, 7) is 5.96. The lowest BCUT2D eigenvalue weighted by Gasteiger charge is -2.30. The van der Waals surface area contributed by atoms with E-state index in [2.05, 4.69) is 0 Å². The van der Waals surface area contributed by atoms with Gasteiger partial charge in [0.05, 0.1) is 13.2 Å². The second kappa shape index (κ2) is 9.04. The second-order valence-corrected chi connectivity index (χ2v) is 8.42. The lowest BCUT2D eigenvalue weighted by molar-refractivity contribution is -0.135. The summed E-state index contributed by atoms with van der Waals surface area (Å²) in [5, 5.41) is 21.2. The van der Waals surface area contributed by atoms with Gasteiger partial charge in [-0.1, -0.05) is 44.2 Å². The van der Waals surface area contributed by atoms with Gasteiger partial charge in [0.25, 0.3) is 0 Å². The van der Waals surface area contributed by atoms with Crippen molar-refractivity contribution >= 4 is 16.9 Å². The molecule has 1 saturated heterocycles. The molecule has 2 aromatic carbocycles. The number of carbonyl (C=O) groups excluding carboxylic acids is 1. The van der Waals surface area contributed by atoms with Gasteiger partial charge in [0, 0.05) is 48.7 Å². The number of nitrogens with zero attached hydrogens (tertiary/aromatic N) is 1. The number of hydrogen-bond donors (Lipinski definition) is 2. The summed E-state index contributed by atoms with van der Waals surface area (Å²) in [6.07, 6.45) is 0.143. The van der Waals surface area contributed by atoms with Crippen molar-refractivity contribution in [2.45, 2.75) is 26.2 Å². The van der Waals surface area contributed by atoms with Crippen LogP contribution in [-0.4, -0.2) is 47.3 Å². The predicted molar refractivity (Wildman–Crippen MR) is 121 cm³/mol. The van der Waals surface area contributed by atoms with Gasteiger partial charge in [-0.15, -0.1) is 0 Å². The van der Waals surface area contributed by atoms with Crippen LogP contribution in [0.15, 0.2) is 51.7 Å². The van der Waals surface area contributed by atoms with E-state index in [0.717, 1.165) is 6.07 Å². The van der Waals surface area contributed by atoms with Gasteiger partial charge in [0.2, 0.25) is 5.91 Å². The van der Waals surface area contributed by atoms with Crippen molar-refractivity contribution in [2.24, 2.45) is 5.92 Å². The van der Waals surface area contributed by atoms with E-state index in [1.54, 1.807) is 4.90 Å². The number of morpholine rings is 1. The summed E-state index contributed by atoms with van der Waals surface area (Å²) in [5.41, 5.74) is 0.767. The number of rotatable bonds is 5. The molecule has 3 aromatic rings. The van der Waals surface area contributed by atoms with Crippen LogP contribution in [0.1, 0.15) is 31.7 Å². The molecule has 0 radical (unpaired) electrons. The maximum atomic E-state index is 13.0. The number of aromatic hydroxyl groups is 2. The Morgan fingerprint density at radius 2 is 1.75 bits per heavy atom. The summed E-state index contributed by atoms with van der Waals surface area (Å²) in [7, 11) is 0. The smallest absolute Gasteiger partial charge is 0.223 e. The van der Waals surface area contributed by atoms with Crippen LogP contribution < -0.4 is 5.43 Å². The van der Waals surface area contributed by atoms with Crippen LogP contribution >= 0.6 is 0 Å². The molecule has 4 rings (SSSR count). The van der Waals surface area contributed by atoms with E-state index >= 15 is 0 Å². The SMILES string of the molecule is CC(C)[C@H](CC(=O)N1CCOCC1)c1c(O)cc(O)c2c(=O)cc(-c3ccccc3)oc12. The van der Waals surface area contributed by atoms with E-state index in [1.807, 2.05) is 44.2 Å². The number of phenolic OH excluding ortho intramolecular Hbond substituents is 2. The minimum Gasteiger partial charge on any atom is -0.507 e. The first-order valence-electron chi connectivity index (χ1n) is 10.8. The van der Waals surface area contributed by atoms with Crippen molar-refractivity contribution in [1.29, 1.82) is 0 Å². The Labute approximate surface area is 185 Å². The fourth-order valence-corrected chi connectivity index (χ4v) is 4.23. The van der Waals surface area contributed by atoms with Gasteiger partial charge in [-0.25, -0.2) is 0 Å². The van der Waals surface area contributed by atoms with Crippen LogP contribution in [0.25, 0.3) is 22.3 Å². The highest BCUT2D eigenvalue weighted by molar-refractivity contribution is 5.90. The van der Waals surface area contributed by atoms with Gasteiger partial charge in [-0.3, -0.25) is 9.59 Å². The van der Waals surface area contributed by atoms with Crippen LogP contribution in [0.3, 0.4) is 0 Å². The van der Waals surface area contributed by atoms with E-state index in [0.29, 0.717) is 43.2 Å². The fraction of sp³-hybridized carbons (Fsp3) is 0.360. The van der Waals surface area contributed by atoms with Crippen molar-refractivity contribution in [3.05, 3.63) is 58.3 Å². The second-order valence-electron chi connectivity index (χ2n) is 8.42. The highest BCUT2D eigenvalue weighted by Gasteiger charge is 2.30. The maximum absolute atomic E-state index is 13.0. The molecule has 0 unspecified atom stereocenters. The first-order valence-corrected chi connectivity index (χ1v) is 10.8. The van der Waals surface area contributed by atoms with E-state index in [9.17, 15) is 19.8 Å².